The number of nitrogens with one attached hydrogen (secondary N) is 1. The number of aromatic nitrogens is 2. The lowest BCUT2D eigenvalue weighted by atomic mass is 9.98. The molecule has 29 heavy (non-hydrogen) atoms. The van der Waals surface area contributed by atoms with Crippen LogP contribution in [0.5, 0.6) is 0 Å². The Hall–Kier alpha value is -2.95. The molecule has 0 spiro atoms. The number of ether oxygens (including phenoxy) is 1. The Morgan fingerprint density at radius 2 is 1.62 bits per heavy atom. The Morgan fingerprint density at radius 3 is 2.48 bits per heavy atom. The van der Waals surface area contributed by atoms with E-state index in [1.54, 1.807) is 0 Å². The Labute approximate surface area is 171 Å². The van der Waals surface area contributed by atoms with Crippen molar-refractivity contribution >= 4 is 10.9 Å². The average Bonchev–Trinajstić information content (AvgIpc) is 3.17. The molecule has 5 rings (SSSR count). The summed E-state index contributed by atoms with van der Waals surface area (Å²) in [6, 6.07) is 21.3. The van der Waals surface area contributed by atoms with Gasteiger partial charge in [0.2, 0.25) is 0 Å². The van der Waals surface area contributed by atoms with Crippen molar-refractivity contribution in [3.8, 4) is 22.3 Å². The maximum absolute atomic E-state index is 5.49. The van der Waals surface area contributed by atoms with Gasteiger partial charge in [0.05, 0.1) is 13.2 Å². The van der Waals surface area contributed by atoms with Crippen LogP contribution in [0.1, 0.15) is 5.69 Å². The molecule has 0 saturated carbocycles. The molecule has 0 amide bonds. The van der Waals surface area contributed by atoms with Crippen LogP contribution in [0.3, 0.4) is 0 Å². The lowest BCUT2D eigenvalue weighted by Gasteiger charge is -2.26. The van der Waals surface area contributed by atoms with Gasteiger partial charge in [-0.2, -0.15) is 0 Å². The van der Waals surface area contributed by atoms with E-state index >= 15 is 0 Å². The van der Waals surface area contributed by atoms with E-state index < -0.39 is 0 Å². The fourth-order valence-electron chi connectivity index (χ4n) is 4.17. The number of aromatic amines is 1. The normalized spacial score (nSPS) is 15.0. The number of para-hydroxylation sites is 1. The standard InChI is InChI=1S/C25H25N3O/c1-2-6-19(7-3-1)20-16-21(18-26-17-20)25-22-8-4-5-9-23(22)27-24(25)10-11-28-12-14-29-15-13-28/h1-9,16-18,27H,10-15H2. The van der Waals surface area contributed by atoms with Crippen LogP contribution in [0.25, 0.3) is 33.2 Å². The van der Waals surface area contributed by atoms with Gasteiger partial charge >= 0.3 is 0 Å². The molecular formula is C25H25N3O. The quantitative estimate of drug-likeness (QED) is 0.540. The zero-order chi connectivity index (χ0) is 19.5. The average molecular weight is 383 g/mol. The third-order valence-corrected chi connectivity index (χ3v) is 5.70. The van der Waals surface area contributed by atoms with Crippen molar-refractivity contribution in [2.75, 3.05) is 32.8 Å². The van der Waals surface area contributed by atoms with E-state index in [1.165, 1.54) is 33.3 Å². The van der Waals surface area contributed by atoms with E-state index in [9.17, 15) is 0 Å². The number of H-pyrrole nitrogens is 1. The number of pyridine rings is 1. The highest BCUT2D eigenvalue weighted by Crippen LogP contribution is 2.34. The number of hydrogen-bond donors (Lipinski definition) is 1. The van der Waals surface area contributed by atoms with E-state index in [1.807, 2.05) is 18.5 Å². The minimum absolute atomic E-state index is 0.836. The number of morpholine rings is 1. The first-order valence-corrected chi connectivity index (χ1v) is 10.3. The van der Waals surface area contributed by atoms with Gasteiger partial charge in [0, 0.05) is 71.7 Å². The minimum atomic E-state index is 0.836. The predicted octanol–water partition coefficient (Wildman–Crippen LogP) is 4.77. The second-order valence-corrected chi connectivity index (χ2v) is 7.56. The molecule has 1 saturated heterocycles. The van der Waals surface area contributed by atoms with E-state index in [0.717, 1.165) is 44.8 Å². The molecule has 0 unspecified atom stereocenters. The topological polar surface area (TPSA) is 41.2 Å². The molecule has 0 radical (unpaired) electrons. The first-order chi connectivity index (χ1) is 14.4. The number of fused-ring (bicyclic) bond motifs is 1. The lowest BCUT2D eigenvalue weighted by Crippen LogP contribution is -2.37. The third-order valence-electron chi connectivity index (χ3n) is 5.70. The zero-order valence-corrected chi connectivity index (χ0v) is 16.5. The number of rotatable bonds is 5. The fraction of sp³-hybridized carbons (Fsp3) is 0.240. The van der Waals surface area contributed by atoms with Crippen LogP contribution in [0.15, 0.2) is 73.1 Å². The van der Waals surface area contributed by atoms with Gasteiger partial charge in [-0.3, -0.25) is 9.88 Å². The van der Waals surface area contributed by atoms with E-state index in [0.29, 0.717) is 0 Å². The predicted molar refractivity (Wildman–Crippen MR) is 118 cm³/mol. The molecule has 146 valence electrons. The van der Waals surface area contributed by atoms with E-state index in [2.05, 4.69) is 69.5 Å². The molecular weight excluding hydrogens is 358 g/mol. The number of hydrogen-bond acceptors (Lipinski definition) is 3. The number of benzene rings is 2. The molecule has 2 aromatic heterocycles. The molecule has 4 nitrogen and oxygen atoms in total. The molecule has 4 heteroatoms. The molecule has 4 aromatic rings. The molecule has 2 aromatic carbocycles. The maximum Gasteiger partial charge on any atom is 0.0594 e. The van der Waals surface area contributed by atoms with Gasteiger partial charge in [-0.15, -0.1) is 0 Å². The van der Waals surface area contributed by atoms with Crippen molar-refractivity contribution in [1.82, 2.24) is 14.9 Å². The molecule has 1 N–H and O–H groups in total. The summed E-state index contributed by atoms with van der Waals surface area (Å²) in [5.41, 5.74) is 7.25. The fourth-order valence-corrected chi connectivity index (χ4v) is 4.17. The van der Waals surface area contributed by atoms with Crippen LogP contribution in [0.2, 0.25) is 0 Å². The second kappa shape index (κ2) is 8.19. The van der Waals surface area contributed by atoms with Crippen molar-refractivity contribution in [1.29, 1.82) is 0 Å². The molecule has 0 aliphatic carbocycles. The first kappa shape index (κ1) is 18.1. The van der Waals surface area contributed by atoms with Crippen molar-refractivity contribution < 1.29 is 4.74 Å². The Morgan fingerprint density at radius 1 is 0.862 bits per heavy atom. The monoisotopic (exact) mass is 383 g/mol. The largest absolute Gasteiger partial charge is 0.379 e. The zero-order valence-electron chi connectivity index (χ0n) is 16.5. The molecule has 1 aliphatic rings. The van der Waals surface area contributed by atoms with Crippen molar-refractivity contribution in [3.63, 3.8) is 0 Å². The Kier molecular flexibility index (Phi) is 5.11. The van der Waals surface area contributed by atoms with Crippen LogP contribution < -0.4 is 0 Å². The van der Waals surface area contributed by atoms with Crippen LogP contribution >= 0.6 is 0 Å². The molecule has 0 atom stereocenters. The van der Waals surface area contributed by atoms with Crippen molar-refractivity contribution in [2.24, 2.45) is 0 Å². The molecule has 0 bridgehead atoms. The van der Waals surface area contributed by atoms with E-state index in [4.69, 9.17) is 4.74 Å². The summed E-state index contributed by atoms with van der Waals surface area (Å²) >= 11 is 0. The lowest BCUT2D eigenvalue weighted by molar-refractivity contribution is 0.0384. The van der Waals surface area contributed by atoms with Crippen molar-refractivity contribution in [2.45, 2.75) is 6.42 Å². The van der Waals surface area contributed by atoms with Gasteiger partial charge in [0.25, 0.3) is 0 Å². The summed E-state index contributed by atoms with van der Waals surface area (Å²) in [7, 11) is 0. The molecule has 1 fully saturated rings. The Balaban J connectivity index is 1.53. The Bertz CT molecular complexity index is 1100. The highest BCUT2D eigenvalue weighted by atomic mass is 16.5. The van der Waals surface area contributed by atoms with Crippen molar-refractivity contribution in [3.05, 3.63) is 78.8 Å². The van der Waals surface area contributed by atoms with E-state index in [-0.39, 0.29) is 0 Å². The second-order valence-electron chi connectivity index (χ2n) is 7.56. The highest BCUT2D eigenvalue weighted by molar-refractivity contribution is 5.98. The van der Waals surface area contributed by atoms with Crippen LogP contribution in [0.4, 0.5) is 0 Å². The summed E-state index contributed by atoms with van der Waals surface area (Å²) in [5.74, 6) is 0. The molecule has 3 heterocycles. The first-order valence-electron chi connectivity index (χ1n) is 10.3. The minimum Gasteiger partial charge on any atom is -0.379 e. The summed E-state index contributed by atoms with van der Waals surface area (Å²) in [4.78, 5) is 10.7. The summed E-state index contributed by atoms with van der Waals surface area (Å²) < 4.78 is 5.49. The van der Waals surface area contributed by atoms with Crippen LogP contribution in [-0.2, 0) is 11.2 Å². The van der Waals surface area contributed by atoms with Gasteiger partial charge in [0.15, 0.2) is 0 Å². The SMILES string of the molecule is c1ccc(-c2cncc(-c3c(CCN4CCOCC4)[nH]c4ccccc34)c2)cc1. The highest BCUT2D eigenvalue weighted by Gasteiger charge is 2.16. The van der Waals surface area contributed by atoms with Gasteiger partial charge in [-0.1, -0.05) is 48.5 Å². The van der Waals surface area contributed by atoms with Gasteiger partial charge in [-0.05, 0) is 17.7 Å². The molecule has 1 aliphatic heterocycles. The van der Waals surface area contributed by atoms with Gasteiger partial charge < -0.3 is 9.72 Å². The summed E-state index contributed by atoms with van der Waals surface area (Å²) in [5, 5.41) is 1.26. The van der Waals surface area contributed by atoms with Crippen LogP contribution in [-0.4, -0.2) is 47.7 Å². The van der Waals surface area contributed by atoms with Gasteiger partial charge in [0.1, 0.15) is 0 Å². The summed E-state index contributed by atoms with van der Waals surface area (Å²) in [6.07, 6.45) is 4.92. The third kappa shape index (κ3) is 3.82. The maximum atomic E-state index is 5.49. The van der Waals surface area contributed by atoms with Crippen LogP contribution in [0, 0.1) is 0 Å². The van der Waals surface area contributed by atoms with Gasteiger partial charge in [-0.25, -0.2) is 0 Å². The number of nitrogens with zero attached hydrogens (tertiary/aromatic N) is 2. The smallest absolute Gasteiger partial charge is 0.0594 e. The summed E-state index contributed by atoms with van der Waals surface area (Å²) in [6.45, 7) is 4.74.